The lowest BCUT2D eigenvalue weighted by molar-refractivity contribution is -0.137. The number of carbonyl (C=O) groups excluding carboxylic acids is 2. The topological polar surface area (TPSA) is 117 Å². The largest absolute Gasteiger partial charge is 0.465 e. The Morgan fingerprint density at radius 1 is 1.06 bits per heavy atom. The number of halogens is 3. The summed E-state index contributed by atoms with van der Waals surface area (Å²) >= 11 is 0. The maximum Gasteiger partial charge on any atom is 0.416 e. The number of anilines is 2. The highest BCUT2D eigenvalue weighted by atomic mass is 19.4. The van der Waals surface area contributed by atoms with Gasteiger partial charge in [-0.25, -0.2) is 9.48 Å². The first kappa shape index (κ1) is 23.5. The van der Waals surface area contributed by atoms with Crippen LogP contribution >= 0.6 is 0 Å². The molecule has 0 fully saturated rings. The van der Waals surface area contributed by atoms with Crippen LogP contribution in [0.3, 0.4) is 0 Å². The molecule has 1 aromatic heterocycles. The number of benzene rings is 2. The number of amides is 3. The zero-order valence-corrected chi connectivity index (χ0v) is 17.9. The Bertz CT molecular complexity index is 1330. The Balaban J connectivity index is 1.54. The van der Waals surface area contributed by atoms with E-state index in [2.05, 4.69) is 10.4 Å². The molecular formula is C23H18F3N5O4. The van der Waals surface area contributed by atoms with E-state index in [1.54, 1.807) is 36.4 Å². The number of carbonyl (C=O) groups is 3. The van der Waals surface area contributed by atoms with Crippen molar-refractivity contribution in [3.63, 3.8) is 0 Å². The Morgan fingerprint density at radius 3 is 2.57 bits per heavy atom. The van der Waals surface area contributed by atoms with Crippen LogP contribution in [0.15, 0.2) is 66.9 Å². The highest BCUT2D eigenvalue weighted by Crippen LogP contribution is 2.31. The summed E-state index contributed by atoms with van der Waals surface area (Å²) in [5.41, 5.74) is 0.530. The summed E-state index contributed by atoms with van der Waals surface area (Å²) in [6, 6.07) is 12.4. The van der Waals surface area contributed by atoms with Crippen molar-refractivity contribution in [2.24, 2.45) is 0 Å². The van der Waals surface area contributed by atoms with Crippen LogP contribution in [0.25, 0.3) is 5.70 Å². The number of fused-ring (bicyclic) bond motifs is 1. The number of rotatable bonds is 5. The maximum absolute atomic E-state index is 13.0. The fourth-order valence-corrected chi connectivity index (χ4v) is 3.56. The molecule has 2 heterocycles. The predicted molar refractivity (Wildman–Crippen MR) is 120 cm³/mol. The van der Waals surface area contributed by atoms with Crippen LogP contribution < -0.4 is 15.5 Å². The number of nitrogens with zero attached hydrogens (tertiary/aromatic N) is 3. The molecule has 35 heavy (non-hydrogen) atoms. The second-order valence-corrected chi connectivity index (χ2v) is 7.47. The van der Waals surface area contributed by atoms with Gasteiger partial charge < -0.3 is 15.7 Å². The summed E-state index contributed by atoms with van der Waals surface area (Å²) in [5, 5.41) is 17.6. The third-order valence-corrected chi connectivity index (χ3v) is 5.15. The fraction of sp³-hybridized carbons (Fsp3) is 0.130. The van der Waals surface area contributed by atoms with Crippen LogP contribution in [0.5, 0.6) is 0 Å². The molecule has 0 aliphatic carbocycles. The zero-order valence-electron chi connectivity index (χ0n) is 17.9. The van der Waals surface area contributed by atoms with Crippen molar-refractivity contribution in [2.75, 3.05) is 23.3 Å². The second-order valence-electron chi connectivity index (χ2n) is 7.47. The van der Waals surface area contributed by atoms with Gasteiger partial charge in [0.25, 0.3) is 5.91 Å². The molecule has 0 unspecified atom stereocenters. The molecule has 1 aliphatic heterocycles. The molecule has 0 saturated carbocycles. The predicted octanol–water partition coefficient (Wildman–Crippen LogP) is 3.66. The van der Waals surface area contributed by atoms with Crippen LogP contribution in [0.2, 0.25) is 0 Å². The van der Waals surface area contributed by atoms with Gasteiger partial charge in [-0.15, -0.1) is 0 Å². The number of nitrogens with one attached hydrogen (secondary N) is 2. The Hall–Kier alpha value is -4.61. The standard InChI is InChI=1S/C23H18F3N5O4/c24-23(25,26)16-5-1-4-15(11-16)21(33)29-17-6-2-3-14(12-17)18-8-10-30(19-7-9-28-31(18)19)20(32)13-27-22(34)35/h1-9,11-12,27H,10,13H2,(H,29,33)(H,34,35). The lowest BCUT2D eigenvalue weighted by Crippen LogP contribution is -2.42. The highest BCUT2D eigenvalue weighted by Gasteiger charge is 2.31. The highest BCUT2D eigenvalue weighted by molar-refractivity contribution is 6.04. The van der Waals surface area contributed by atoms with Gasteiger partial charge in [0, 0.05) is 29.4 Å². The summed E-state index contributed by atoms with van der Waals surface area (Å²) in [5.74, 6) is -0.738. The van der Waals surface area contributed by atoms with Gasteiger partial charge in [-0.1, -0.05) is 18.2 Å². The van der Waals surface area contributed by atoms with Gasteiger partial charge in [-0.3, -0.25) is 14.5 Å². The Morgan fingerprint density at radius 2 is 1.83 bits per heavy atom. The molecule has 12 heteroatoms. The van der Waals surface area contributed by atoms with E-state index in [9.17, 15) is 27.6 Å². The smallest absolute Gasteiger partial charge is 0.416 e. The number of hydrogen-bond acceptors (Lipinski definition) is 4. The van der Waals surface area contributed by atoms with Crippen molar-refractivity contribution in [3.05, 3.63) is 83.6 Å². The van der Waals surface area contributed by atoms with Crippen molar-refractivity contribution in [1.29, 1.82) is 0 Å². The van der Waals surface area contributed by atoms with Gasteiger partial charge in [-0.2, -0.15) is 18.3 Å². The van der Waals surface area contributed by atoms with E-state index in [0.717, 1.165) is 12.1 Å². The molecule has 0 atom stereocenters. The van der Waals surface area contributed by atoms with E-state index < -0.39 is 36.2 Å². The van der Waals surface area contributed by atoms with Gasteiger partial charge in [0.05, 0.1) is 17.5 Å². The van der Waals surface area contributed by atoms with Crippen LogP contribution in [-0.4, -0.2) is 45.9 Å². The van der Waals surface area contributed by atoms with Crippen LogP contribution in [-0.2, 0) is 11.0 Å². The van der Waals surface area contributed by atoms with E-state index in [1.165, 1.54) is 27.9 Å². The summed E-state index contributed by atoms with van der Waals surface area (Å²) in [6.07, 6.45) is -2.68. The number of carboxylic acid groups (broad SMARTS) is 1. The van der Waals surface area contributed by atoms with Gasteiger partial charge >= 0.3 is 12.3 Å². The van der Waals surface area contributed by atoms with Gasteiger partial charge in [0.1, 0.15) is 12.4 Å². The molecule has 9 nitrogen and oxygen atoms in total. The van der Waals surface area contributed by atoms with Crippen LogP contribution in [0.1, 0.15) is 21.5 Å². The van der Waals surface area contributed by atoms with E-state index in [4.69, 9.17) is 5.11 Å². The van der Waals surface area contributed by atoms with E-state index in [1.807, 2.05) is 5.32 Å². The van der Waals surface area contributed by atoms with Gasteiger partial charge in [0.15, 0.2) is 0 Å². The van der Waals surface area contributed by atoms with Gasteiger partial charge in [-0.05, 0) is 36.4 Å². The van der Waals surface area contributed by atoms with E-state index in [-0.39, 0.29) is 12.1 Å². The minimum atomic E-state index is -4.57. The van der Waals surface area contributed by atoms with Crippen molar-refractivity contribution >= 4 is 35.1 Å². The van der Waals surface area contributed by atoms with Crippen molar-refractivity contribution in [2.45, 2.75) is 6.18 Å². The Kier molecular flexibility index (Phi) is 6.28. The number of alkyl halides is 3. The molecule has 180 valence electrons. The SMILES string of the molecule is O=C(O)NCC(=O)N1CC=C(c2cccc(NC(=O)c3cccc(C(F)(F)F)c3)c2)n2nccc21. The molecular weight excluding hydrogens is 467 g/mol. The molecule has 3 aromatic rings. The molecule has 0 bridgehead atoms. The molecule has 0 spiro atoms. The summed E-state index contributed by atoms with van der Waals surface area (Å²) in [6.45, 7) is -0.247. The second kappa shape index (κ2) is 9.33. The third kappa shape index (κ3) is 5.16. The molecule has 2 aromatic carbocycles. The molecule has 4 rings (SSSR count). The zero-order chi connectivity index (χ0) is 25.2. The minimum Gasteiger partial charge on any atom is -0.465 e. The van der Waals surface area contributed by atoms with Crippen molar-refractivity contribution in [1.82, 2.24) is 15.1 Å². The summed E-state index contributed by atoms with van der Waals surface area (Å²) < 4.78 is 40.4. The monoisotopic (exact) mass is 485 g/mol. The Labute approximate surface area is 196 Å². The first-order valence-electron chi connectivity index (χ1n) is 10.2. The van der Waals surface area contributed by atoms with E-state index in [0.29, 0.717) is 22.8 Å². The van der Waals surface area contributed by atoms with E-state index >= 15 is 0 Å². The average Bonchev–Trinajstić information content (AvgIpc) is 3.31. The van der Waals surface area contributed by atoms with Crippen molar-refractivity contribution in [3.8, 4) is 0 Å². The molecule has 3 N–H and O–H groups in total. The third-order valence-electron chi connectivity index (χ3n) is 5.15. The summed E-state index contributed by atoms with van der Waals surface area (Å²) in [4.78, 5) is 37.0. The average molecular weight is 485 g/mol. The normalized spacial score (nSPS) is 13.0. The van der Waals surface area contributed by atoms with Gasteiger partial charge in [0.2, 0.25) is 5.91 Å². The maximum atomic E-state index is 13.0. The van der Waals surface area contributed by atoms with Crippen LogP contribution in [0.4, 0.5) is 29.5 Å². The molecule has 0 radical (unpaired) electrons. The fourth-order valence-electron chi connectivity index (χ4n) is 3.56. The first-order valence-corrected chi connectivity index (χ1v) is 10.2. The molecule has 1 aliphatic rings. The summed E-state index contributed by atoms with van der Waals surface area (Å²) in [7, 11) is 0. The van der Waals surface area contributed by atoms with Crippen LogP contribution in [0, 0.1) is 0 Å². The lowest BCUT2D eigenvalue weighted by Gasteiger charge is -2.27. The molecule has 3 amide bonds. The van der Waals surface area contributed by atoms with Crippen molar-refractivity contribution < 1.29 is 32.7 Å². The lowest BCUT2D eigenvalue weighted by atomic mass is 10.1. The molecule has 0 saturated heterocycles. The minimum absolute atomic E-state index is 0.138. The first-order chi connectivity index (χ1) is 16.6. The quantitative estimate of drug-likeness (QED) is 0.510. The number of hydrogen-bond donors (Lipinski definition) is 3. The number of aromatic nitrogens is 2.